The van der Waals surface area contributed by atoms with Gasteiger partial charge in [-0.1, -0.05) is 18.2 Å². The van der Waals surface area contributed by atoms with E-state index in [1.807, 2.05) is 37.3 Å². The summed E-state index contributed by atoms with van der Waals surface area (Å²) in [7, 11) is 1.47. The molecule has 0 fully saturated rings. The molecule has 1 amide bonds. The number of para-hydroxylation sites is 1. The number of aromatic nitrogens is 3. The molecule has 2 heterocycles. The van der Waals surface area contributed by atoms with Crippen molar-refractivity contribution in [2.24, 2.45) is 0 Å². The molecule has 0 aliphatic carbocycles. The van der Waals surface area contributed by atoms with Crippen LogP contribution in [0, 0.1) is 0 Å². The van der Waals surface area contributed by atoms with E-state index >= 15 is 0 Å². The standard InChI is InChI=1S/C20H18BrN5O3/c1-11-16(19(28)25-13-6-4-3-5-7-13)17(26-20(24-11)22-10-23-26)12-8-14(21)18(27)15(9-12)29-2/h3-10,17,27H,1-2H3,(H,25,28)(H,22,23,24). The van der Waals surface area contributed by atoms with Gasteiger partial charge in [0.1, 0.15) is 12.4 Å². The van der Waals surface area contributed by atoms with Crippen LogP contribution < -0.4 is 15.4 Å². The molecule has 1 aromatic heterocycles. The van der Waals surface area contributed by atoms with Crippen molar-refractivity contribution in [1.29, 1.82) is 0 Å². The number of hydrogen-bond donors (Lipinski definition) is 3. The molecule has 3 N–H and O–H groups in total. The fourth-order valence-electron chi connectivity index (χ4n) is 3.32. The number of carbonyl (C=O) groups excluding carboxylic acids is 1. The number of nitrogens with zero attached hydrogens (tertiary/aromatic N) is 3. The first kappa shape index (κ1) is 19.0. The first-order valence-corrected chi connectivity index (χ1v) is 9.59. The number of benzene rings is 2. The van der Waals surface area contributed by atoms with E-state index in [0.29, 0.717) is 32.9 Å². The molecular formula is C20H18BrN5O3. The van der Waals surface area contributed by atoms with E-state index in [2.05, 4.69) is 36.6 Å². The number of allylic oxidation sites excluding steroid dienone is 1. The number of fused-ring (bicyclic) bond motifs is 1. The molecule has 0 saturated heterocycles. The summed E-state index contributed by atoms with van der Waals surface area (Å²) >= 11 is 3.35. The summed E-state index contributed by atoms with van der Waals surface area (Å²) in [6, 6.07) is 12.1. The Labute approximate surface area is 175 Å². The first-order valence-electron chi connectivity index (χ1n) is 8.79. The Bertz CT molecular complexity index is 1110. The highest BCUT2D eigenvalue weighted by Crippen LogP contribution is 2.41. The van der Waals surface area contributed by atoms with Crippen molar-refractivity contribution in [3.63, 3.8) is 0 Å². The largest absolute Gasteiger partial charge is 0.503 e. The van der Waals surface area contributed by atoms with Crippen LogP contribution in [0.1, 0.15) is 18.5 Å². The molecule has 0 spiro atoms. The van der Waals surface area contributed by atoms with Crippen LogP contribution in [0.3, 0.4) is 0 Å². The van der Waals surface area contributed by atoms with Crippen molar-refractivity contribution in [2.75, 3.05) is 17.7 Å². The lowest BCUT2D eigenvalue weighted by molar-refractivity contribution is -0.113. The molecule has 29 heavy (non-hydrogen) atoms. The fourth-order valence-corrected chi connectivity index (χ4v) is 3.78. The molecule has 1 aliphatic heterocycles. The van der Waals surface area contributed by atoms with Gasteiger partial charge in [0.15, 0.2) is 11.5 Å². The van der Waals surface area contributed by atoms with Crippen molar-refractivity contribution in [1.82, 2.24) is 14.8 Å². The van der Waals surface area contributed by atoms with Gasteiger partial charge in [0.2, 0.25) is 5.95 Å². The molecule has 0 bridgehead atoms. The van der Waals surface area contributed by atoms with Crippen LogP contribution in [0.2, 0.25) is 0 Å². The van der Waals surface area contributed by atoms with Gasteiger partial charge < -0.3 is 20.5 Å². The molecule has 8 nitrogen and oxygen atoms in total. The van der Waals surface area contributed by atoms with E-state index in [9.17, 15) is 9.90 Å². The zero-order valence-corrected chi connectivity index (χ0v) is 17.3. The normalized spacial score (nSPS) is 15.5. The third-order valence-corrected chi connectivity index (χ3v) is 5.26. The second-order valence-electron chi connectivity index (χ2n) is 6.47. The fraction of sp³-hybridized carbons (Fsp3) is 0.150. The minimum absolute atomic E-state index is 0.0139. The van der Waals surface area contributed by atoms with Gasteiger partial charge in [-0.2, -0.15) is 10.1 Å². The molecule has 9 heteroatoms. The number of hydrogen-bond acceptors (Lipinski definition) is 6. The van der Waals surface area contributed by atoms with E-state index in [1.165, 1.54) is 13.4 Å². The summed E-state index contributed by atoms with van der Waals surface area (Å²) in [5.74, 6) is 0.525. The molecule has 4 rings (SSSR count). The van der Waals surface area contributed by atoms with Gasteiger partial charge in [-0.25, -0.2) is 4.68 Å². The van der Waals surface area contributed by atoms with Crippen molar-refractivity contribution in [3.05, 3.63) is 70.1 Å². The van der Waals surface area contributed by atoms with Crippen molar-refractivity contribution < 1.29 is 14.6 Å². The third kappa shape index (κ3) is 3.44. The maximum absolute atomic E-state index is 13.2. The molecule has 1 aliphatic rings. The number of phenolic OH excluding ortho intramolecular Hbond substituents is 1. The van der Waals surface area contributed by atoms with Gasteiger partial charge in [0.05, 0.1) is 17.2 Å². The van der Waals surface area contributed by atoms with Crippen LogP contribution in [0.25, 0.3) is 0 Å². The predicted octanol–water partition coefficient (Wildman–Crippen LogP) is 3.68. The molecule has 1 atom stereocenters. The summed E-state index contributed by atoms with van der Waals surface area (Å²) < 4.78 is 7.37. The van der Waals surface area contributed by atoms with Crippen molar-refractivity contribution >= 4 is 33.5 Å². The topological polar surface area (TPSA) is 101 Å². The lowest BCUT2D eigenvalue weighted by Crippen LogP contribution is -2.31. The number of aromatic hydroxyl groups is 1. The van der Waals surface area contributed by atoms with Gasteiger partial charge in [-0.15, -0.1) is 0 Å². The molecule has 0 radical (unpaired) electrons. The van der Waals surface area contributed by atoms with Crippen LogP contribution in [0.4, 0.5) is 11.6 Å². The zero-order valence-electron chi connectivity index (χ0n) is 15.7. The number of methoxy groups -OCH3 is 1. The molecule has 1 unspecified atom stereocenters. The average molecular weight is 456 g/mol. The van der Waals surface area contributed by atoms with Crippen LogP contribution in [0.5, 0.6) is 11.5 Å². The van der Waals surface area contributed by atoms with E-state index in [4.69, 9.17) is 4.74 Å². The Balaban J connectivity index is 1.83. The van der Waals surface area contributed by atoms with Gasteiger partial charge >= 0.3 is 0 Å². The summed E-state index contributed by atoms with van der Waals surface area (Å²) in [6.45, 7) is 1.82. The Morgan fingerprint density at radius 2 is 2.07 bits per heavy atom. The Morgan fingerprint density at radius 1 is 1.31 bits per heavy atom. The van der Waals surface area contributed by atoms with Crippen molar-refractivity contribution in [3.8, 4) is 11.5 Å². The number of nitrogens with one attached hydrogen (secondary N) is 2. The molecule has 0 saturated carbocycles. The maximum Gasteiger partial charge on any atom is 0.255 e. The Kier molecular flexibility index (Phi) is 4.98. The van der Waals surface area contributed by atoms with E-state index in [1.54, 1.807) is 16.8 Å². The van der Waals surface area contributed by atoms with Gasteiger partial charge in [-0.3, -0.25) is 4.79 Å². The second-order valence-corrected chi connectivity index (χ2v) is 7.32. The number of phenols is 1. The number of rotatable bonds is 4. The highest BCUT2D eigenvalue weighted by Gasteiger charge is 2.34. The predicted molar refractivity (Wildman–Crippen MR) is 112 cm³/mol. The SMILES string of the molecule is COc1cc(C2C(C(=O)Nc3ccccc3)=C(C)Nc3ncnn32)cc(Br)c1O. The van der Waals surface area contributed by atoms with Crippen molar-refractivity contribution in [2.45, 2.75) is 13.0 Å². The number of halogens is 1. The Morgan fingerprint density at radius 3 is 2.79 bits per heavy atom. The van der Waals surface area contributed by atoms with E-state index < -0.39 is 6.04 Å². The minimum atomic E-state index is -0.566. The summed E-state index contributed by atoms with van der Waals surface area (Å²) in [6.07, 6.45) is 1.42. The number of carbonyl (C=O) groups is 1. The highest BCUT2D eigenvalue weighted by molar-refractivity contribution is 9.10. The maximum atomic E-state index is 13.2. The highest BCUT2D eigenvalue weighted by atomic mass is 79.9. The lowest BCUT2D eigenvalue weighted by Gasteiger charge is -2.29. The van der Waals surface area contributed by atoms with E-state index in [0.717, 1.165) is 0 Å². The molecule has 2 aromatic carbocycles. The smallest absolute Gasteiger partial charge is 0.255 e. The summed E-state index contributed by atoms with van der Waals surface area (Å²) in [5.41, 5.74) is 2.53. The number of anilines is 2. The third-order valence-electron chi connectivity index (χ3n) is 4.66. The monoisotopic (exact) mass is 455 g/mol. The van der Waals surface area contributed by atoms with Crippen LogP contribution in [-0.4, -0.2) is 32.9 Å². The van der Waals surface area contributed by atoms with Gasteiger partial charge in [-0.05, 0) is 52.7 Å². The molecule has 3 aromatic rings. The number of ether oxygens (including phenoxy) is 1. The van der Waals surface area contributed by atoms with Crippen LogP contribution >= 0.6 is 15.9 Å². The quantitative estimate of drug-likeness (QED) is 0.554. The minimum Gasteiger partial charge on any atom is -0.503 e. The van der Waals surface area contributed by atoms with Crippen LogP contribution in [0.15, 0.2) is 64.5 Å². The average Bonchev–Trinajstić information content (AvgIpc) is 3.17. The van der Waals surface area contributed by atoms with Gasteiger partial charge in [0, 0.05) is 11.4 Å². The summed E-state index contributed by atoms with van der Waals surface area (Å²) in [4.78, 5) is 17.5. The number of amides is 1. The van der Waals surface area contributed by atoms with Gasteiger partial charge in [0.25, 0.3) is 5.91 Å². The van der Waals surface area contributed by atoms with Crippen LogP contribution in [-0.2, 0) is 4.79 Å². The molecular weight excluding hydrogens is 438 g/mol. The van der Waals surface area contributed by atoms with E-state index in [-0.39, 0.29) is 17.4 Å². The molecule has 148 valence electrons. The summed E-state index contributed by atoms with van der Waals surface area (Å²) in [5, 5.41) is 20.5. The lowest BCUT2D eigenvalue weighted by atomic mass is 9.94. The first-order chi connectivity index (χ1) is 14.0. The Hall–Kier alpha value is -3.33. The zero-order chi connectivity index (χ0) is 20.5. The second kappa shape index (κ2) is 7.59.